The second-order valence-corrected chi connectivity index (χ2v) is 10.9. The molecule has 0 saturated carbocycles. The molecule has 0 spiro atoms. The van der Waals surface area contributed by atoms with Crippen molar-refractivity contribution in [2.45, 2.75) is 38.6 Å². The Morgan fingerprint density at radius 2 is 2.11 bits per heavy atom. The Morgan fingerprint density at radius 1 is 1.47 bits per heavy atom. The van der Waals surface area contributed by atoms with Crippen LogP contribution < -0.4 is 5.56 Å². The molecule has 108 valence electrons. The van der Waals surface area contributed by atoms with Gasteiger partial charge in [0.2, 0.25) is 0 Å². The van der Waals surface area contributed by atoms with Crippen LogP contribution >= 0.6 is 0 Å². The standard InChI is InChI=1S/C11H17F3N2O2Si/c1-19(2,3)7-6-18-8-16-10(17)9(4-5-15-16)11(12,13)14/h4-5H,6-8H2,1-3H3/i4D. The molecule has 0 radical (unpaired) electrons. The van der Waals surface area contributed by atoms with E-state index in [2.05, 4.69) is 24.7 Å². The van der Waals surface area contributed by atoms with Crippen molar-refractivity contribution in [3.05, 3.63) is 28.2 Å². The Kier molecular flexibility index (Phi) is 4.41. The molecule has 1 aromatic rings. The monoisotopic (exact) mass is 295 g/mol. The molecule has 19 heavy (non-hydrogen) atoms. The normalized spacial score (nSPS) is 13.5. The number of hydrogen-bond donors (Lipinski definition) is 0. The van der Waals surface area contributed by atoms with E-state index in [4.69, 9.17) is 6.11 Å². The predicted molar refractivity (Wildman–Crippen MR) is 67.6 cm³/mol. The van der Waals surface area contributed by atoms with E-state index in [1.54, 1.807) is 0 Å². The summed E-state index contributed by atoms with van der Waals surface area (Å²) in [5, 5.41) is 3.49. The molecule has 1 heterocycles. The molecule has 0 atom stereocenters. The van der Waals surface area contributed by atoms with Gasteiger partial charge in [-0.25, -0.2) is 4.68 Å². The number of halogens is 3. The Hall–Kier alpha value is -1.15. The highest BCUT2D eigenvalue weighted by atomic mass is 28.3. The summed E-state index contributed by atoms with van der Waals surface area (Å²) in [6, 6.07) is -0.0921. The van der Waals surface area contributed by atoms with Crippen LogP contribution in [-0.2, 0) is 17.6 Å². The van der Waals surface area contributed by atoms with Gasteiger partial charge in [-0.05, 0) is 12.1 Å². The first-order chi connectivity index (χ1) is 9.02. The third kappa shape index (κ3) is 5.15. The number of alkyl halides is 3. The van der Waals surface area contributed by atoms with Crippen molar-refractivity contribution in [1.82, 2.24) is 9.78 Å². The Morgan fingerprint density at radius 3 is 2.63 bits per heavy atom. The second-order valence-electron chi connectivity index (χ2n) is 5.31. The van der Waals surface area contributed by atoms with E-state index >= 15 is 0 Å². The topological polar surface area (TPSA) is 44.1 Å². The lowest BCUT2D eigenvalue weighted by Gasteiger charge is -2.15. The van der Waals surface area contributed by atoms with E-state index < -0.39 is 31.4 Å². The summed E-state index contributed by atoms with van der Waals surface area (Å²) < 4.78 is 50.8. The highest BCUT2D eigenvalue weighted by Crippen LogP contribution is 2.25. The van der Waals surface area contributed by atoms with E-state index in [1.807, 2.05) is 0 Å². The van der Waals surface area contributed by atoms with Crippen molar-refractivity contribution in [2.24, 2.45) is 0 Å². The summed E-state index contributed by atoms with van der Waals surface area (Å²) in [6.07, 6.45) is -4.16. The van der Waals surface area contributed by atoms with E-state index in [0.717, 1.165) is 6.04 Å². The highest BCUT2D eigenvalue weighted by molar-refractivity contribution is 6.76. The molecule has 0 amide bonds. The molecule has 0 aliphatic rings. The average Bonchev–Trinajstić information content (AvgIpc) is 2.23. The van der Waals surface area contributed by atoms with Crippen LogP contribution in [0.4, 0.5) is 13.2 Å². The molecule has 8 heteroatoms. The van der Waals surface area contributed by atoms with Gasteiger partial charge < -0.3 is 4.74 Å². The summed E-state index contributed by atoms with van der Waals surface area (Å²) >= 11 is 0. The molecule has 1 aromatic heterocycles. The summed E-state index contributed by atoms with van der Waals surface area (Å²) in [5.41, 5.74) is -2.86. The maximum Gasteiger partial charge on any atom is 0.421 e. The maximum absolute atomic E-state index is 12.6. The van der Waals surface area contributed by atoms with Gasteiger partial charge in [0.25, 0.3) is 5.56 Å². The van der Waals surface area contributed by atoms with Crippen molar-refractivity contribution < 1.29 is 19.3 Å². The van der Waals surface area contributed by atoms with Gasteiger partial charge in [0.1, 0.15) is 12.3 Å². The zero-order valence-corrected chi connectivity index (χ0v) is 12.0. The maximum atomic E-state index is 12.6. The molecule has 0 aliphatic carbocycles. The molecule has 0 N–H and O–H groups in total. The summed E-state index contributed by atoms with van der Waals surface area (Å²) in [4.78, 5) is 11.6. The van der Waals surface area contributed by atoms with Gasteiger partial charge in [0, 0.05) is 20.9 Å². The van der Waals surface area contributed by atoms with Gasteiger partial charge in [-0.1, -0.05) is 19.6 Å². The number of aromatic nitrogens is 2. The number of nitrogens with zero attached hydrogens (tertiary/aromatic N) is 2. The third-order valence-electron chi connectivity index (χ3n) is 2.35. The van der Waals surface area contributed by atoms with Crippen LogP contribution in [0.5, 0.6) is 0 Å². The van der Waals surface area contributed by atoms with Gasteiger partial charge in [0.15, 0.2) is 0 Å². The molecule has 0 fully saturated rings. The number of rotatable bonds is 5. The van der Waals surface area contributed by atoms with Crippen LogP contribution in [0, 0.1) is 0 Å². The molecule has 0 unspecified atom stereocenters. The van der Waals surface area contributed by atoms with Crippen molar-refractivity contribution in [2.75, 3.05) is 6.61 Å². The fourth-order valence-corrected chi connectivity index (χ4v) is 1.99. The minimum Gasteiger partial charge on any atom is -0.359 e. The first-order valence-corrected chi connectivity index (χ1v) is 9.45. The lowest BCUT2D eigenvalue weighted by molar-refractivity contribution is -0.139. The van der Waals surface area contributed by atoms with Crippen LogP contribution in [0.25, 0.3) is 0 Å². The predicted octanol–water partition coefficient (Wildman–Crippen LogP) is 2.57. The Balaban J connectivity index is 2.81. The zero-order valence-electron chi connectivity index (χ0n) is 12.0. The minimum atomic E-state index is -4.86. The average molecular weight is 295 g/mol. The molecule has 4 nitrogen and oxygen atoms in total. The van der Waals surface area contributed by atoms with Crippen LogP contribution in [-0.4, -0.2) is 24.5 Å². The molecule has 0 bridgehead atoms. The molecular weight excluding hydrogens is 277 g/mol. The lowest BCUT2D eigenvalue weighted by atomic mass is 10.3. The number of ether oxygens (including phenoxy) is 1. The molecule has 0 aliphatic heterocycles. The molecular formula is C11H17F3N2O2Si. The smallest absolute Gasteiger partial charge is 0.359 e. The fraction of sp³-hybridized carbons (Fsp3) is 0.636. The summed E-state index contributed by atoms with van der Waals surface area (Å²) in [7, 11) is -1.30. The Labute approximate surface area is 111 Å². The SMILES string of the molecule is [2H]c1cnn(COCC[Si](C)(C)C)c(=O)c1C(F)(F)F. The summed E-state index contributed by atoms with van der Waals surface area (Å²) in [5.74, 6) is 0. The largest absolute Gasteiger partial charge is 0.421 e. The third-order valence-corrected chi connectivity index (χ3v) is 4.05. The van der Waals surface area contributed by atoms with Crippen molar-refractivity contribution >= 4 is 8.07 Å². The van der Waals surface area contributed by atoms with Crippen molar-refractivity contribution in [1.29, 1.82) is 0 Å². The van der Waals surface area contributed by atoms with Crippen molar-refractivity contribution in [3.8, 4) is 0 Å². The zero-order chi connectivity index (χ0) is 15.6. The van der Waals surface area contributed by atoms with Crippen molar-refractivity contribution in [3.63, 3.8) is 0 Å². The first kappa shape index (κ1) is 14.3. The summed E-state index contributed by atoms with van der Waals surface area (Å²) in [6.45, 7) is 6.44. The minimum absolute atomic E-state index is 0.341. The van der Waals surface area contributed by atoms with E-state index in [9.17, 15) is 18.0 Å². The first-order valence-electron chi connectivity index (χ1n) is 6.24. The van der Waals surface area contributed by atoms with Crippen LogP contribution in [0.15, 0.2) is 17.0 Å². The van der Waals surface area contributed by atoms with E-state index in [1.165, 1.54) is 0 Å². The quantitative estimate of drug-likeness (QED) is 0.619. The molecule has 0 saturated heterocycles. The molecule has 1 rings (SSSR count). The van der Waals surface area contributed by atoms with E-state index in [-0.39, 0.29) is 6.73 Å². The van der Waals surface area contributed by atoms with Gasteiger partial charge in [-0.2, -0.15) is 18.3 Å². The van der Waals surface area contributed by atoms with Gasteiger partial charge in [-0.3, -0.25) is 4.79 Å². The van der Waals surface area contributed by atoms with Crippen LogP contribution in [0.3, 0.4) is 0 Å². The van der Waals surface area contributed by atoms with Crippen LogP contribution in [0.2, 0.25) is 25.7 Å². The van der Waals surface area contributed by atoms with Gasteiger partial charge in [0.05, 0.1) is 1.37 Å². The fourth-order valence-electron chi connectivity index (χ4n) is 1.23. The van der Waals surface area contributed by atoms with Crippen LogP contribution in [0.1, 0.15) is 6.93 Å². The number of hydrogen-bond acceptors (Lipinski definition) is 3. The Bertz CT molecular complexity index is 526. The highest BCUT2D eigenvalue weighted by Gasteiger charge is 2.34. The lowest BCUT2D eigenvalue weighted by Crippen LogP contribution is -2.31. The molecule has 0 aromatic carbocycles. The van der Waals surface area contributed by atoms with Gasteiger partial charge >= 0.3 is 6.18 Å². The van der Waals surface area contributed by atoms with Gasteiger partial charge in [-0.15, -0.1) is 0 Å². The van der Waals surface area contributed by atoms with E-state index in [0.29, 0.717) is 17.5 Å². The second kappa shape index (κ2) is 5.87.